The number of carbonyl (C=O) groups excluding carboxylic acids is 1. The molecule has 0 amide bonds. The molecule has 0 saturated heterocycles. The Bertz CT molecular complexity index is 604. The van der Waals surface area contributed by atoms with E-state index < -0.39 is 9.58 Å². The summed E-state index contributed by atoms with van der Waals surface area (Å²) in [5, 5.41) is 0.826. The van der Waals surface area contributed by atoms with Gasteiger partial charge in [0.25, 0.3) is 3.79 Å². The molecule has 0 atom stereocenters. The molecule has 0 aliphatic carbocycles. The molecule has 1 aromatic heterocycles. The highest BCUT2D eigenvalue weighted by Gasteiger charge is 2.32. The van der Waals surface area contributed by atoms with Crippen molar-refractivity contribution >= 4 is 52.3 Å². The summed E-state index contributed by atoms with van der Waals surface area (Å²) in [6, 6.07) is 11.4. The summed E-state index contributed by atoms with van der Waals surface area (Å²) >= 11 is 18.2. The fourth-order valence-corrected chi connectivity index (χ4v) is 2.72. The summed E-state index contributed by atoms with van der Waals surface area (Å²) in [5.74, 6) is -0.561. The van der Waals surface area contributed by atoms with Crippen LogP contribution in [0.25, 0.3) is 0 Å². The highest BCUT2D eigenvalue weighted by Crippen LogP contribution is 2.33. The summed E-state index contributed by atoms with van der Waals surface area (Å²) < 4.78 is -1.94. The third-order valence-corrected chi connectivity index (χ3v) is 4.13. The first-order valence-corrected chi connectivity index (χ1v) is 7.37. The van der Waals surface area contributed by atoms with Gasteiger partial charge >= 0.3 is 0 Å². The highest BCUT2D eigenvalue weighted by atomic mass is 35.6. The van der Waals surface area contributed by atoms with Crippen molar-refractivity contribution in [1.82, 2.24) is 4.98 Å². The average Bonchev–Trinajstić information content (AvgIpc) is 2.78. The molecule has 2 rings (SSSR count). The number of alkyl halides is 3. The molecule has 1 aromatic carbocycles. The maximum Gasteiger partial charge on any atom is 0.254 e. The fraction of sp³-hybridized carbons (Fsp3) is 0.154. The van der Waals surface area contributed by atoms with Gasteiger partial charge in [-0.2, -0.15) is 0 Å². The first-order chi connectivity index (χ1) is 8.88. The van der Waals surface area contributed by atoms with Gasteiger partial charge < -0.3 is 4.98 Å². The lowest BCUT2D eigenvalue weighted by Gasteiger charge is -2.07. The van der Waals surface area contributed by atoms with E-state index in [2.05, 4.69) is 4.98 Å². The Balaban J connectivity index is 2.19. The molecule has 2 nitrogen and oxygen atoms in total. The smallest absolute Gasteiger partial charge is 0.254 e. The van der Waals surface area contributed by atoms with Crippen LogP contribution in [0.2, 0.25) is 0 Å². The molecule has 2 aromatic rings. The Morgan fingerprint density at radius 1 is 1.16 bits per heavy atom. The van der Waals surface area contributed by atoms with Crippen molar-refractivity contribution in [1.29, 1.82) is 0 Å². The van der Waals surface area contributed by atoms with E-state index in [1.807, 2.05) is 31.2 Å². The van der Waals surface area contributed by atoms with Crippen LogP contribution in [0.1, 0.15) is 16.1 Å². The lowest BCUT2D eigenvalue weighted by molar-refractivity contribution is 0.0992. The lowest BCUT2D eigenvalue weighted by Crippen LogP contribution is -2.19. The predicted molar refractivity (Wildman–Crippen MR) is 80.7 cm³/mol. The summed E-state index contributed by atoms with van der Waals surface area (Å²) in [6.45, 7) is 2.03. The van der Waals surface area contributed by atoms with Crippen LogP contribution in [-0.2, 0) is 0 Å². The second-order valence-corrected chi connectivity index (χ2v) is 7.30. The number of aromatic nitrogens is 1. The summed E-state index contributed by atoms with van der Waals surface area (Å²) in [5.41, 5.74) is 1.45. The quantitative estimate of drug-likeness (QED) is 0.631. The van der Waals surface area contributed by atoms with Crippen LogP contribution in [0.3, 0.4) is 0 Å². The molecule has 0 unspecified atom stereocenters. The van der Waals surface area contributed by atoms with Crippen LogP contribution in [0.4, 0.5) is 0 Å². The van der Waals surface area contributed by atoms with Gasteiger partial charge in [0.2, 0.25) is 5.78 Å². The van der Waals surface area contributed by atoms with E-state index in [1.165, 1.54) is 11.8 Å². The molecule has 0 spiro atoms. The van der Waals surface area contributed by atoms with Crippen molar-refractivity contribution in [3.05, 3.63) is 47.7 Å². The molecule has 0 aliphatic rings. The van der Waals surface area contributed by atoms with Crippen LogP contribution in [0.15, 0.2) is 46.3 Å². The molecule has 0 saturated carbocycles. The Hall–Kier alpha value is -0.610. The fourth-order valence-electron chi connectivity index (χ4n) is 1.51. The lowest BCUT2D eigenvalue weighted by atomic mass is 10.2. The van der Waals surface area contributed by atoms with E-state index in [4.69, 9.17) is 34.8 Å². The van der Waals surface area contributed by atoms with Gasteiger partial charge in [-0.3, -0.25) is 4.79 Å². The SMILES string of the molecule is Cc1ccccc1Sc1ccc(C(=O)C(Cl)(Cl)Cl)[nH]1. The highest BCUT2D eigenvalue weighted by molar-refractivity contribution is 7.99. The minimum Gasteiger partial charge on any atom is -0.347 e. The number of rotatable bonds is 3. The maximum atomic E-state index is 11.8. The average molecular weight is 335 g/mol. The number of carbonyl (C=O) groups is 1. The van der Waals surface area contributed by atoms with Gasteiger partial charge in [-0.05, 0) is 30.7 Å². The monoisotopic (exact) mass is 333 g/mol. The zero-order valence-corrected chi connectivity index (χ0v) is 13.0. The molecule has 6 heteroatoms. The van der Waals surface area contributed by atoms with Crippen LogP contribution in [0.5, 0.6) is 0 Å². The Morgan fingerprint density at radius 2 is 1.84 bits per heavy atom. The van der Waals surface area contributed by atoms with Crippen LogP contribution in [-0.4, -0.2) is 14.6 Å². The number of halogens is 3. The van der Waals surface area contributed by atoms with E-state index >= 15 is 0 Å². The topological polar surface area (TPSA) is 32.9 Å². The van der Waals surface area contributed by atoms with Gasteiger partial charge in [-0.1, -0.05) is 64.8 Å². The van der Waals surface area contributed by atoms with Crippen molar-refractivity contribution in [2.45, 2.75) is 20.6 Å². The van der Waals surface area contributed by atoms with Gasteiger partial charge in [-0.25, -0.2) is 0 Å². The van der Waals surface area contributed by atoms with Crippen molar-refractivity contribution in [3.63, 3.8) is 0 Å². The molecular formula is C13H10Cl3NOS. The zero-order valence-electron chi connectivity index (χ0n) is 9.91. The molecule has 0 bridgehead atoms. The first kappa shape index (κ1) is 14.8. The first-order valence-electron chi connectivity index (χ1n) is 5.42. The molecule has 0 fully saturated rings. The van der Waals surface area contributed by atoms with Crippen molar-refractivity contribution in [2.75, 3.05) is 0 Å². The molecule has 0 radical (unpaired) electrons. The Morgan fingerprint density at radius 3 is 2.47 bits per heavy atom. The Labute approximate surface area is 130 Å². The van der Waals surface area contributed by atoms with Gasteiger partial charge in [0.1, 0.15) is 0 Å². The third kappa shape index (κ3) is 3.69. The van der Waals surface area contributed by atoms with Gasteiger partial charge in [0.15, 0.2) is 0 Å². The standard InChI is InChI=1S/C13H10Cl3NOS/c1-8-4-2-3-5-10(8)19-11-7-6-9(17-11)12(18)13(14,15)16/h2-7,17H,1H3. The summed E-state index contributed by atoms with van der Waals surface area (Å²) in [4.78, 5) is 15.8. The van der Waals surface area contributed by atoms with Crippen molar-refractivity contribution < 1.29 is 4.79 Å². The molecule has 0 aliphatic heterocycles. The second kappa shape index (κ2) is 5.80. The summed E-state index contributed by atoms with van der Waals surface area (Å²) in [7, 11) is 0. The molecule has 1 N–H and O–H groups in total. The van der Waals surface area contributed by atoms with Gasteiger partial charge in [0.05, 0.1) is 10.7 Å². The number of benzene rings is 1. The predicted octanol–water partition coefficient (Wildman–Crippen LogP) is 5.03. The maximum absolute atomic E-state index is 11.8. The number of nitrogens with one attached hydrogen (secondary N) is 1. The van der Waals surface area contributed by atoms with E-state index in [1.54, 1.807) is 12.1 Å². The zero-order chi connectivity index (χ0) is 14.0. The van der Waals surface area contributed by atoms with E-state index in [9.17, 15) is 4.79 Å². The van der Waals surface area contributed by atoms with E-state index in [-0.39, 0.29) is 5.69 Å². The molecule has 1 heterocycles. The number of hydrogen-bond acceptors (Lipinski definition) is 2. The van der Waals surface area contributed by atoms with Gasteiger partial charge in [0, 0.05) is 4.90 Å². The van der Waals surface area contributed by atoms with E-state index in [0.717, 1.165) is 15.5 Å². The van der Waals surface area contributed by atoms with Crippen molar-refractivity contribution in [2.24, 2.45) is 0 Å². The Kier molecular flexibility index (Phi) is 4.51. The number of hydrogen-bond donors (Lipinski definition) is 1. The minimum atomic E-state index is -1.94. The van der Waals surface area contributed by atoms with Crippen molar-refractivity contribution in [3.8, 4) is 0 Å². The summed E-state index contributed by atoms with van der Waals surface area (Å²) in [6.07, 6.45) is 0. The molecular weight excluding hydrogens is 325 g/mol. The van der Waals surface area contributed by atoms with Crippen LogP contribution >= 0.6 is 46.6 Å². The number of H-pyrrole nitrogens is 1. The number of Topliss-reactive ketones (excluding diaryl/α,β-unsaturated/α-hetero) is 1. The molecule has 19 heavy (non-hydrogen) atoms. The number of aryl methyl sites for hydroxylation is 1. The minimum absolute atomic E-state index is 0.288. The van der Waals surface area contributed by atoms with Gasteiger partial charge in [-0.15, -0.1) is 0 Å². The van der Waals surface area contributed by atoms with Crippen LogP contribution in [0, 0.1) is 6.92 Å². The number of ketones is 1. The van der Waals surface area contributed by atoms with Crippen LogP contribution < -0.4 is 0 Å². The van der Waals surface area contributed by atoms with E-state index in [0.29, 0.717) is 0 Å². The third-order valence-electron chi connectivity index (χ3n) is 2.47. The number of aromatic amines is 1. The normalized spacial score (nSPS) is 11.6. The largest absolute Gasteiger partial charge is 0.347 e. The molecule has 100 valence electrons. The second-order valence-electron chi connectivity index (χ2n) is 3.93.